The number of aromatic nitrogens is 1. The van der Waals surface area contributed by atoms with Crippen molar-refractivity contribution >= 4 is 17.5 Å². The van der Waals surface area contributed by atoms with E-state index >= 15 is 0 Å². The highest BCUT2D eigenvalue weighted by molar-refractivity contribution is 5.96. The van der Waals surface area contributed by atoms with Crippen LogP contribution in [0.25, 0.3) is 0 Å². The predicted octanol–water partition coefficient (Wildman–Crippen LogP) is 7.21. The summed E-state index contributed by atoms with van der Waals surface area (Å²) in [5, 5.41) is 6.28. The largest absolute Gasteiger partial charge is 0.438 e. The predicted molar refractivity (Wildman–Crippen MR) is 170 cm³/mol. The van der Waals surface area contributed by atoms with Gasteiger partial charge in [0.25, 0.3) is 5.91 Å². The van der Waals surface area contributed by atoms with Gasteiger partial charge in [0.15, 0.2) is 0 Å². The molecule has 7 heteroatoms. The average Bonchev–Trinajstić information content (AvgIpc) is 3.04. The number of para-hydroxylation sites is 1. The van der Waals surface area contributed by atoms with Gasteiger partial charge >= 0.3 is 0 Å². The lowest BCUT2D eigenvalue weighted by molar-refractivity contribution is -0.118. The van der Waals surface area contributed by atoms with E-state index in [0.29, 0.717) is 17.2 Å². The van der Waals surface area contributed by atoms with Crippen LogP contribution in [0.4, 0.5) is 5.69 Å². The molecule has 1 aliphatic rings. The standard InChI is InChI=1S/C36H40N4O3/c1-26(2)34(41)38-30-14-9-13-29(25-30)27-18-22-40(23-19-27)24-20-33(28-11-5-3-6-12-28)39-35(42)32-17-10-21-37-36(32)43-31-15-7-4-8-16-31/h3-17,21,25-27,33H,18-20,22-24H2,1-2H3,(H,38,41)(H,39,42). The molecule has 43 heavy (non-hydrogen) atoms. The van der Waals surface area contributed by atoms with E-state index in [2.05, 4.69) is 44.8 Å². The van der Waals surface area contributed by atoms with E-state index in [1.165, 1.54) is 5.56 Å². The van der Waals surface area contributed by atoms with Crippen LogP contribution in [0.3, 0.4) is 0 Å². The number of hydrogen-bond donors (Lipinski definition) is 2. The third-order valence-electron chi connectivity index (χ3n) is 7.95. The number of hydrogen-bond acceptors (Lipinski definition) is 5. The second kappa shape index (κ2) is 14.6. The van der Waals surface area contributed by atoms with E-state index in [-0.39, 0.29) is 29.7 Å². The van der Waals surface area contributed by atoms with E-state index in [1.54, 1.807) is 18.3 Å². The highest BCUT2D eigenvalue weighted by atomic mass is 16.5. The Bertz CT molecular complexity index is 1480. The summed E-state index contributed by atoms with van der Waals surface area (Å²) in [6, 6.07) is 31.1. The Balaban J connectivity index is 1.20. The summed E-state index contributed by atoms with van der Waals surface area (Å²) in [5.74, 6) is 1.15. The first kappa shape index (κ1) is 30.0. The molecule has 0 aliphatic carbocycles. The van der Waals surface area contributed by atoms with Gasteiger partial charge in [-0.1, -0.05) is 74.5 Å². The summed E-state index contributed by atoms with van der Waals surface area (Å²) in [4.78, 5) is 32.5. The van der Waals surface area contributed by atoms with Gasteiger partial charge in [0.2, 0.25) is 11.8 Å². The number of rotatable bonds is 11. The fourth-order valence-electron chi connectivity index (χ4n) is 5.45. The van der Waals surface area contributed by atoms with Crippen molar-refractivity contribution in [1.82, 2.24) is 15.2 Å². The quantitative estimate of drug-likeness (QED) is 0.197. The zero-order chi connectivity index (χ0) is 30.0. The molecule has 1 aliphatic heterocycles. The van der Waals surface area contributed by atoms with E-state index < -0.39 is 0 Å². The molecule has 2 amide bonds. The lowest BCUT2D eigenvalue weighted by Gasteiger charge is -2.33. The van der Waals surface area contributed by atoms with Crippen LogP contribution in [0.15, 0.2) is 103 Å². The second-order valence-electron chi connectivity index (χ2n) is 11.4. The van der Waals surface area contributed by atoms with Crippen molar-refractivity contribution in [2.75, 3.05) is 25.0 Å². The van der Waals surface area contributed by atoms with Crippen LogP contribution in [0.1, 0.15) is 66.6 Å². The smallest absolute Gasteiger partial charge is 0.257 e. The minimum absolute atomic E-state index is 0.0375. The number of anilines is 1. The van der Waals surface area contributed by atoms with Crippen molar-refractivity contribution in [1.29, 1.82) is 0 Å². The Labute approximate surface area is 254 Å². The van der Waals surface area contributed by atoms with Gasteiger partial charge in [0.1, 0.15) is 11.3 Å². The van der Waals surface area contributed by atoms with Gasteiger partial charge in [-0.2, -0.15) is 0 Å². The zero-order valence-electron chi connectivity index (χ0n) is 24.9. The van der Waals surface area contributed by atoms with E-state index in [1.807, 2.05) is 74.5 Å². The van der Waals surface area contributed by atoms with Gasteiger partial charge in [-0.3, -0.25) is 9.59 Å². The molecule has 1 fully saturated rings. The molecule has 1 atom stereocenters. The lowest BCUT2D eigenvalue weighted by atomic mass is 9.89. The first-order valence-corrected chi connectivity index (χ1v) is 15.1. The van der Waals surface area contributed by atoms with Crippen LogP contribution < -0.4 is 15.4 Å². The van der Waals surface area contributed by atoms with Crippen molar-refractivity contribution in [2.45, 2.75) is 45.1 Å². The first-order chi connectivity index (χ1) is 21.0. The second-order valence-corrected chi connectivity index (χ2v) is 11.4. The molecule has 0 bridgehead atoms. The Morgan fingerprint density at radius 3 is 2.35 bits per heavy atom. The molecule has 5 rings (SSSR count). The van der Waals surface area contributed by atoms with Crippen LogP contribution >= 0.6 is 0 Å². The van der Waals surface area contributed by atoms with Gasteiger partial charge in [0.05, 0.1) is 6.04 Å². The number of piperidine rings is 1. The summed E-state index contributed by atoms with van der Waals surface area (Å²) in [6.07, 6.45) is 4.53. The number of ether oxygens (including phenoxy) is 1. The van der Waals surface area contributed by atoms with Crippen LogP contribution in [0, 0.1) is 5.92 Å². The molecule has 0 spiro atoms. The summed E-state index contributed by atoms with van der Waals surface area (Å²) in [7, 11) is 0. The van der Waals surface area contributed by atoms with Gasteiger partial charge in [0, 0.05) is 24.3 Å². The Morgan fingerprint density at radius 1 is 0.907 bits per heavy atom. The number of pyridine rings is 1. The Kier molecular flexibility index (Phi) is 10.2. The topological polar surface area (TPSA) is 83.6 Å². The molecule has 1 unspecified atom stereocenters. The average molecular weight is 577 g/mol. The molecule has 0 saturated carbocycles. The fraction of sp³-hybridized carbons (Fsp3) is 0.306. The van der Waals surface area contributed by atoms with Crippen LogP contribution in [-0.2, 0) is 4.79 Å². The highest BCUT2D eigenvalue weighted by Gasteiger charge is 2.24. The third kappa shape index (κ3) is 8.30. The van der Waals surface area contributed by atoms with Crippen molar-refractivity contribution in [3.05, 3.63) is 120 Å². The van der Waals surface area contributed by atoms with Gasteiger partial charge < -0.3 is 20.3 Å². The van der Waals surface area contributed by atoms with E-state index in [0.717, 1.165) is 50.1 Å². The Hall–Kier alpha value is -4.49. The molecular formula is C36H40N4O3. The maximum Gasteiger partial charge on any atom is 0.257 e. The molecule has 222 valence electrons. The first-order valence-electron chi connectivity index (χ1n) is 15.1. The number of benzene rings is 3. The molecule has 1 saturated heterocycles. The number of carbonyl (C=O) groups excluding carboxylic acids is 2. The van der Waals surface area contributed by atoms with Crippen LogP contribution in [0.5, 0.6) is 11.6 Å². The summed E-state index contributed by atoms with van der Waals surface area (Å²) < 4.78 is 5.96. The van der Waals surface area contributed by atoms with E-state index in [9.17, 15) is 9.59 Å². The minimum Gasteiger partial charge on any atom is -0.438 e. The number of nitrogens with one attached hydrogen (secondary N) is 2. The molecular weight excluding hydrogens is 536 g/mol. The number of amides is 2. The fourth-order valence-corrected chi connectivity index (χ4v) is 5.45. The van der Waals surface area contributed by atoms with Crippen molar-refractivity contribution in [2.24, 2.45) is 5.92 Å². The van der Waals surface area contributed by atoms with Gasteiger partial charge in [-0.15, -0.1) is 0 Å². The molecule has 2 heterocycles. The summed E-state index contributed by atoms with van der Waals surface area (Å²) >= 11 is 0. The molecule has 2 N–H and O–H groups in total. The molecule has 0 radical (unpaired) electrons. The van der Waals surface area contributed by atoms with Crippen molar-refractivity contribution < 1.29 is 14.3 Å². The zero-order valence-corrected chi connectivity index (χ0v) is 24.9. The SMILES string of the molecule is CC(C)C(=O)Nc1cccc(C2CCN(CCC(NC(=O)c3cccnc3Oc3ccccc3)c3ccccc3)CC2)c1. The number of carbonyl (C=O) groups is 2. The monoisotopic (exact) mass is 576 g/mol. The summed E-state index contributed by atoms with van der Waals surface area (Å²) in [6.45, 7) is 6.65. The molecule has 1 aromatic heterocycles. The number of nitrogens with zero attached hydrogens (tertiary/aromatic N) is 2. The summed E-state index contributed by atoms with van der Waals surface area (Å²) in [5.41, 5.74) is 3.62. The number of likely N-dealkylation sites (tertiary alicyclic amines) is 1. The normalized spacial score (nSPS) is 14.7. The maximum atomic E-state index is 13.6. The third-order valence-corrected chi connectivity index (χ3v) is 7.95. The molecule has 4 aromatic rings. The highest BCUT2D eigenvalue weighted by Crippen LogP contribution is 2.31. The van der Waals surface area contributed by atoms with Crippen LogP contribution in [-0.4, -0.2) is 41.3 Å². The van der Waals surface area contributed by atoms with Crippen molar-refractivity contribution in [3.8, 4) is 11.6 Å². The Morgan fingerprint density at radius 2 is 1.63 bits per heavy atom. The molecule has 7 nitrogen and oxygen atoms in total. The van der Waals surface area contributed by atoms with Gasteiger partial charge in [-0.25, -0.2) is 4.98 Å². The van der Waals surface area contributed by atoms with E-state index in [4.69, 9.17) is 4.74 Å². The molecule has 3 aromatic carbocycles. The minimum atomic E-state index is -0.212. The maximum absolute atomic E-state index is 13.6. The van der Waals surface area contributed by atoms with Crippen molar-refractivity contribution in [3.63, 3.8) is 0 Å². The lowest BCUT2D eigenvalue weighted by Crippen LogP contribution is -2.36. The van der Waals surface area contributed by atoms with Crippen LogP contribution in [0.2, 0.25) is 0 Å². The van der Waals surface area contributed by atoms with Gasteiger partial charge in [-0.05, 0) is 85.8 Å².